The summed E-state index contributed by atoms with van der Waals surface area (Å²) in [6.07, 6.45) is -0.181. The zero-order chi connectivity index (χ0) is 25.2. The van der Waals surface area contributed by atoms with Crippen LogP contribution in [0.1, 0.15) is 29.2 Å². The van der Waals surface area contributed by atoms with Crippen molar-refractivity contribution in [1.29, 1.82) is 0 Å². The average Bonchev–Trinajstić information content (AvgIpc) is 3.55. The molecule has 0 fully saturated rings. The molecule has 0 saturated carbocycles. The zero-order valence-electron chi connectivity index (χ0n) is 20.6. The molecule has 6 rings (SSSR count). The van der Waals surface area contributed by atoms with E-state index in [9.17, 15) is 8.78 Å². The van der Waals surface area contributed by atoms with Gasteiger partial charge < -0.3 is 23.3 Å². The molecule has 0 amide bonds. The number of fused-ring (bicyclic) bond motifs is 3. The lowest BCUT2D eigenvalue weighted by molar-refractivity contribution is 0.0959. The summed E-state index contributed by atoms with van der Waals surface area (Å²) >= 11 is 0. The first-order valence-electron chi connectivity index (χ1n) is 12.2. The molecule has 3 aliphatic rings. The van der Waals surface area contributed by atoms with Gasteiger partial charge in [-0.1, -0.05) is 42.7 Å². The zero-order valence-corrected chi connectivity index (χ0v) is 20.6. The van der Waals surface area contributed by atoms with Crippen LogP contribution in [-0.2, 0) is 43.1 Å². The highest BCUT2D eigenvalue weighted by molar-refractivity contribution is 6.67. The van der Waals surface area contributed by atoms with Crippen LogP contribution in [0.15, 0.2) is 54.6 Å². The standard InChI is InChI=1S/C18H19B2FO4.C8H8BFO/c1-12-3-5-17-14(7-12)10-23-19(17)22-9-13(2)25-20-18-6-4-16(21)8-15(18)11-24-20;1-9-8-3-2-7(10)4-6(8)5-11-9/h3-8,13H,9-11H2,1-2H3;2-4H,5H2,1H3. The molecule has 0 radical (unpaired) electrons. The van der Waals surface area contributed by atoms with E-state index in [1.807, 2.05) is 13.7 Å². The highest BCUT2D eigenvalue weighted by Gasteiger charge is 2.34. The molecule has 3 aliphatic heterocycles. The van der Waals surface area contributed by atoms with Gasteiger partial charge in [-0.05, 0) is 71.2 Å². The van der Waals surface area contributed by atoms with Gasteiger partial charge in [0.1, 0.15) is 11.6 Å². The third-order valence-electron chi connectivity index (χ3n) is 6.56. The molecule has 36 heavy (non-hydrogen) atoms. The second kappa shape index (κ2) is 10.9. The number of rotatable bonds is 5. The van der Waals surface area contributed by atoms with E-state index in [0.717, 1.165) is 27.5 Å². The fourth-order valence-corrected chi connectivity index (χ4v) is 4.65. The smallest absolute Gasteiger partial charge is 0.427 e. The van der Waals surface area contributed by atoms with Crippen molar-refractivity contribution < 1.29 is 32.1 Å². The lowest BCUT2D eigenvalue weighted by atomic mass is 9.64. The fraction of sp³-hybridized carbons (Fsp3) is 0.308. The van der Waals surface area contributed by atoms with Crippen molar-refractivity contribution in [3.05, 3.63) is 88.5 Å². The van der Waals surface area contributed by atoms with Crippen molar-refractivity contribution in [1.82, 2.24) is 0 Å². The number of aryl methyl sites for hydroxylation is 1. The molecule has 3 aromatic carbocycles. The van der Waals surface area contributed by atoms with Gasteiger partial charge >= 0.3 is 21.2 Å². The summed E-state index contributed by atoms with van der Waals surface area (Å²) in [5, 5.41) is 0. The highest BCUT2D eigenvalue weighted by Crippen LogP contribution is 2.16. The monoisotopic (exact) mass is 490 g/mol. The SMILES string of the molecule is CB1OCc2cc(F)ccc21.Cc1ccc2c(c1)COB2OCC(C)OB1OCc2cc(F)ccc21. The van der Waals surface area contributed by atoms with Gasteiger partial charge in [-0.25, -0.2) is 8.78 Å². The van der Waals surface area contributed by atoms with Crippen LogP contribution in [-0.4, -0.2) is 33.9 Å². The third-order valence-corrected chi connectivity index (χ3v) is 6.56. The van der Waals surface area contributed by atoms with Gasteiger partial charge in [0.25, 0.3) is 0 Å². The van der Waals surface area contributed by atoms with Gasteiger partial charge in [0, 0.05) is 0 Å². The Morgan fingerprint density at radius 1 is 0.778 bits per heavy atom. The van der Waals surface area contributed by atoms with Crippen LogP contribution in [0.2, 0.25) is 6.82 Å². The van der Waals surface area contributed by atoms with Crippen molar-refractivity contribution in [3.63, 3.8) is 0 Å². The van der Waals surface area contributed by atoms with Gasteiger partial charge in [0.2, 0.25) is 0 Å². The second-order valence-corrected chi connectivity index (χ2v) is 9.41. The Balaban J connectivity index is 0.000000202. The summed E-state index contributed by atoms with van der Waals surface area (Å²) < 4.78 is 54.3. The van der Waals surface area contributed by atoms with Crippen LogP contribution >= 0.6 is 0 Å². The van der Waals surface area contributed by atoms with E-state index in [-0.39, 0.29) is 31.8 Å². The number of halogens is 2. The predicted molar refractivity (Wildman–Crippen MR) is 137 cm³/mol. The number of hydrogen-bond acceptors (Lipinski definition) is 5. The highest BCUT2D eigenvalue weighted by atomic mass is 19.1. The first kappa shape index (κ1) is 25.2. The summed E-state index contributed by atoms with van der Waals surface area (Å²) in [4.78, 5) is 0. The minimum Gasteiger partial charge on any atom is -0.427 e. The lowest BCUT2D eigenvalue weighted by Crippen LogP contribution is -2.39. The Hall–Kier alpha value is -2.49. The van der Waals surface area contributed by atoms with E-state index < -0.39 is 7.12 Å². The van der Waals surface area contributed by atoms with Gasteiger partial charge in [-0.2, -0.15) is 0 Å². The molecule has 0 aromatic heterocycles. The minimum atomic E-state index is -0.478. The molecule has 5 nitrogen and oxygen atoms in total. The first-order chi connectivity index (χ1) is 17.4. The van der Waals surface area contributed by atoms with Crippen molar-refractivity contribution >= 4 is 37.5 Å². The second-order valence-electron chi connectivity index (χ2n) is 9.41. The largest absolute Gasteiger partial charge is 0.494 e. The molecular weight excluding hydrogens is 463 g/mol. The van der Waals surface area contributed by atoms with Crippen LogP contribution in [0.25, 0.3) is 0 Å². The third kappa shape index (κ3) is 5.58. The van der Waals surface area contributed by atoms with Crippen molar-refractivity contribution in [2.24, 2.45) is 0 Å². The Bertz CT molecular complexity index is 1240. The number of hydrogen-bond donors (Lipinski definition) is 0. The molecule has 10 heteroatoms. The van der Waals surface area contributed by atoms with Crippen molar-refractivity contribution in [3.8, 4) is 0 Å². The molecule has 0 saturated heterocycles. The van der Waals surface area contributed by atoms with E-state index in [1.54, 1.807) is 18.2 Å². The molecule has 1 atom stereocenters. The van der Waals surface area contributed by atoms with Crippen LogP contribution in [0, 0.1) is 18.6 Å². The molecule has 3 heterocycles. The van der Waals surface area contributed by atoms with Crippen molar-refractivity contribution in [2.75, 3.05) is 6.61 Å². The first-order valence-corrected chi connectivity index (χ1v) is 12.2. The van der Waals surface area contributed by atoms with E-state index in [1.165, 1.54) is 29.3 Å². The van der Waals surface area contributed by atoms with E-state index in [0.29, 0.717) is 26.4 Å². The molecule has 0 bridgehead atoms. The van der Waals surface area contributed by atoms with Crippen LogP contribution in [0.3, 0.4) is 0 Å². The van der Waals surface area contributed by atoms with E-state index >= 15 is 0 Å². The van der Waals surface area contributed by atoms with Gasteiger partial charge in [-0.15, -0.1) is 0 Å². The average molecular weight is 490 g/mol. The lowest BCUT2D eigenvalue weighted by Gasteiger charge is -2.18. The maximum atomic E-state index is 13.3. The fourth-order valence-electron chi connectivity index (χ4n) is 4.65. The normalized spacial score (nSPS) is 16.4. The maximum Gasteiger partial charge on any atom is 0.494 e. The molecule has 1 unspecified atom stereocenters. The Kier molecular flexibility index (Phi) is 7.60. The Morgan fingerprint density at radius 2 is 1.33 bits per heavy atom. The Morgan fingerprint density at radius 3 is 2.08 bits per heavy atom. The summed E-state index contributed by atoms with van der Waals surface area (Å²) in [5.74, 6) is -0.437. The van der Waals surface area contributed by atoms with Gasteiger partial charge in [-0.3, -0.25) is 0 Å². The summed E-state index contributed by atoms with van der Waals surface area (Å²) in [6.45, 7) is 7.97. The molecule has 0 aliphatic carbocycles. The van der Waals surface area contributed by atoms with Crippen LogP contribution in [0.4, 0.5) is 8.78 Å². The summed E-state index contributed by atoms with van der Waals surface area (Å²) in [7, 11) is -0.832. The van der Waals surface area contributed by atoms with E-state index in [2.05, 4.69) is 25.1 Å². The molecule has 0 N–H and O–H groups in total. The Labute approximate surface area is 211 Å². The molecule has 0 spiro atoms. The summed E-state index contributed by atoms with van der Waals surface area (Å²) in [6, 6.07) is 15.7. The topological polar surface area (TPSA) is 46.2 Å². The van der Waals surface area contributed by atoms with E-state index in [4.69, 9.17) is 23.3 Å². The van der Waals surface area contributed by atoms with Gasteiger partial charge in [0.05, 0.1) is 32.5 Å². The molecule has 184 valence electrons. The minimum absolute atomic E-state index is 0.130. The van der Waals surface area contributed by atoms with Crippen LogP contribution in [0.5, 0.6) is 0 Å². The van der Waals surface area contributed by atoms with Crippen molar-refractivity contribution in [2.45, 2.75) is 46.6 Å². The quantitative estimate of drug-likeness (QED) is 0.516. The number of benzene rings is 3. The molecular formula is C26H27B3F2O5. The maximum absolute atomic E-state index is 13.3. The summed E-state index contributed by atoms with van der Waals surface area (Å²) in [5.41, 5.74) is 7.29. The predicted octanol–water partition coefficient (Wildman–Crippen LogP) is 2.89. The van der Waals surface area contributed by atoms with Gasteiger partial charge in [0.15, 0.2) is 0 Å². The molecule has 3 aromatic rings. The van der Waals surface area contributed by atoms with Crippen LogP contribution < -0.4 is 16.4 Å².